The molecule has 2 aromatic rings. The molecule has 17 heavy (non-hydrogen) atoms. The Kier molecular flexibility index (Phi) is 2.88. The molecule has 90 valence electrons. The molecule has 2 heterocycles. The van der Waals surface area contributed by atoms with E-state index in [0.29, 0.717) is 12.4 Å². The normalized spacial score (nSPS) is 11.7. The highest BCUT2D eigenvalue weighted by Crippen LogP contribution is 2.22. The van der Waals surface area contributed by atoms with Crippen LogP contribution in [0.5, 0.6) is 0 Å². The van der Waals surface area contributed by atoms with Gasteiger partial charge in [0.25, 0.3) is 0 Å². The smallest absolute Gasteiger partial charge is 0.122 e. The summed E-state index contributed by atoms with van der Waals surface area (Å²) >= 11 is 0. The van der Waals surface area contributed by atoms with Crippen molar-refractivity contribution in [3.05, 3.63) is 41.9 Å². The Bertz CT molecular complexity index is 494. The maximum atomic E-state index is 5.96. The second-order valence-electron chi connectivity index (χ2n) is 5.18. The quantitative estimate of drug-likeness (QED) is 0.860. The monoisotopic (exact) mass is 230 g/mol. The Hall–Kier alpha value is -1.84. The summed E-state index contributed by atoms with van der Waals surface area (Å²) in [6.07, 6.45) is 1.78. The summed E-state index contributed by atoms with van der Waals surface area (Å²) in [6.45, 7) is 6.99. The minimum absolute atomic E-state index is 0.0173. The van der Waals surface area contributed by atoms with Crippen LogP contribution in [0, 0.1) is 0 Å². The van der Waals surface area contributed by atoms with E-state index in [9.17, 15) is 0 Å². The second-order valence-corrected chi connectivity index (χ2v) is 5.18. The zero-order valence-electron chi connectivity index (χ0n) is 10.5. The molecule has 0 saturated carbocycles. The largest absolute Gasteiger partial charge is 0.384 e. The van der Waals surface area contributed by atoms with Crippen molar-refractivity contribution in [2.24, 2.45) is 0 Å². The zero-order chi connectivity index (χ0) is 12.5. The molecule has 0 aliphatic heterocycles. The van der Waals surface area contributed by atoms with Crippen molar-refractivity contribution < 1.29 is 0 Å². The van der Waals surface area contributed by atoms with Crippen molar-refractivity contribution in [3.63, 3.8) is 0 Å². The number of aromatic nitrogens is 3. The minimum Gasteiger partial charge on any atom is -0.384 e. The standard InChI is InChI=1S/C13H18N4/c1-13(2,3)11-8-12(14)17(16-11)9-10-6-4-5-7-15-10/h4-8H,9,14H2,1-3H3. The Morgan fingerprint density at radius 2 is 2.06 bits per heavy atom. The third kappa shape index (κ3) is 2.64. The van der Waals surface area contributed by atoms with Crippen LogP contribution in [-0.4, -0.2) is 14.8 Å². The number of nitrogens with two attached hydrogens (primary N) is 1. The molecule has 0 radical (unpaired) electrons. The maximum absolute atomic E-state index is 5.96. The molecular weight excluding hydrogens is 212 g/mol. The van der Waals surface area contributed by atoms with E-state index < -0.39 is 0 Å². The topological polar surface area (TPSA) is 56.7 Å². The number of rotatable bonds is 2. The van der Waals surface area contributed by atoms with Crippen molar-refractivity contribution in [2.75, 3.05) is 5.73 Å². The number of nitrogens with zero attached hydrogens (tertiary/aromatic N) is 3. The fraction of sp³-hybridized carbons (Fsp3) is 0.385. The predicted octanol–water partition coefficient (Wildman–Crippen LogP) is 2.21. The van der Waals surface area contributed by atoms with E-state index >= 15 is 0 Å². The van der Waals surface area contributed by atoms with Gasteiger partial charge in [-0.25, -0.2) is 4.68 Å². The Labute approximate surface area is 101 Å². The maximum Gasteiger partial charge on any atom is 0.122 e. The highest BCUT2D eigenvalue weighted by Gasteiger charge is 2.18. The molecule has 0 aromatic carbocycles. The van der Waals surface area contributed by atoms with Gasteiger partial charge in [0.15, 0.2) is 0 Å². The molecule has 4 nitrogen and oxygen atoms in total. The van der Waals surface area contributed by atoms with Crippen molar-refractivity contribution in [2.45, 2.75) is 32.7 Å². The van der Waals surface area contributed by atoms with E-state index in [2.05, 4.69) is 30.9 Å². The SMILES string of the molecule is CC(C)(C)c1cc(N)n(Cc2ccccn2)n1. The van der Waals surface area contributed by atoms with Gasteiger partial charge in [-0.3, -0.25) is 4.98 Å². The van der Waals surface area contributed by atoms with Crippen LogP contribution < -0.4 is 5.73 Å². The summed E-state index contributed by atoms with van der Waals surface area (Å²) < 4.78 is 1.79. The molecule has 0 spiro atoms. The molecule has 0 saturated heterocycles. The van der Waals surface area contributed by atoms with Gasteiger partial charge in [-0.05, 0) is 12.1 Å². The Balaban J connectivity index is 2.26. The van der Waals surface area contributed by atoms with E-state index in [-0.39, 0.29) is 5.41 Å². The molecule has 0 aliphatic rings. The molecule has 0 amide bonds. The van der Waals surface area contributed by atoms with E-state index in [1.165, 1.54) is 0 Å². The van der Waals surface area contributed by atoms with Crippen molar-refractivity contribution >= 4 is 5.82 Å². The summed E-state index contributed by atoms with van der Waals surface area (Å²) in [5.74, 6) is 0.681. The van der Waals surface area contributed by atoms with Gasteiger partial charge in [-0.15, -0.1) is 0 Å². The van der Waals surface area contributed by atoms with Gasteiger partial charge < -0.3 is 5.73 Å². The van der Waals surface area contributed by atoms with Gasteiger partial charge in [-0.1, -0.05) is 26.8 Å². The molecule has 0 fully saturated rings. The first-order valence-electron chi connectivity index (χ1n) is 5.70. The van der Waals surface area contributed by atoms with Crippen molar-refractivity contribution in [3.8, 4) is 0 Å². The van der Waals surface area contributed by atoms with Crippen LogP contribution in [0.3, 0.4) is 0 Å². The van der Waals surface area contributed by atoms with Crippen LogP contribution in [-0.2, 0) is 12.0 Å². The molecule has 4 heteroatoms. The van der Waals surface area contributed by atoms with E-state index in [1.807, 2.05) is 24.3 Å². The van der Waals surface area contributed by atoms with Gasteiger partial charge in [0.1, 0.15) is 5.82 Å². The summed E-state index contributed by atoms with van der Waals surface area (Å²) in [5, 5.41) is 4.53. The summed E-state index contributed by atoms with van der Waals surface area (Å²) in [4.78, 5) is 4.27. The van der Waals surface area contributed by atoms with Crippen LogP contribution in [0.2, 0.25) is 0 Å². The highest BCUT2D eigenvalue weighted by atomic mass is 15.3. The van der Waals surface area contributed by atoms with E-state index in [4.69, 9.17) is 5.73 Å². The van der Waals surface area contributed by atoms with Crippen LogP contribution in [0.4, 0.5) is 5.82 Å². The van der Waals surface area contributed by atoms with Crippen LogP contribution in [0.1, 0.15) is 32.2 Å². The third-order valence-corrected chi connectivity index (χ3v) is 2.62. The zero-order valence-corrected chi connectivity index (χ0v) is 10.5. The molecule has 0 atom stereocenters. The molecule has 0 unspecified atom stereocenters. The van der Waals surface area contributed by atoms with Crippen LogP contribution in [0.15, 0.2) is 30.5 Å². The summed E-state index contributed by atoms with van der Waals surface area (Å²) in [5.41, 5.74) is 7.94. The average molecular weight is 230 g/mol. The van der Waals surface area contributed by atoms with Crippen molar-refractivity contribution in [1.29, 1.82) is 0 Å². The van der Waals surface area contributed by atoms with Gasteiger partial charge in [-0.2, -0.15) is 5.10 Å². The lowest BCUT2D eigenvalue weighted by Crippen LogP contribution is -2.13. The van der Waals surface area contributed by atoms with Crippen LogP contribution >= 0.6 is 0 Å². The number of hydrogen-bond acceptors (Lipinski definition) is 3. The van der Waals surface area contributed by atoms with Gasteiger partial charge >= 0.3 is 0 Å². The predicted molar refractivity (Wildman–Crippen MR) is 68.7 cm³/mol. The van der Waals surface area contributed by atoms with Gasteiger partial charge in [0.05, 0.1) is 17.9 Å². The lowest BCUT2D eigenvalue weighted by atomic mass is 9.92. The molecule has 0 aliphatic carbocycles. The van der Waals surface area contributed by atoms with E-state index in [1.54, 1.807) is 10.9 Å². The Morgan fingerprint density at radius 1 is 1.29 bits per heavy atom. The Morgan fingerprint density at radius 3 is 2.59 bits per heavy atom. The number of nitrogen functional groups attached to an aromatic ring is 1. The fourth-order valence-electron chi connectivity index (χ4n) is 1.57. The van der Waals surface area contributed by atoms with Crippen molar-refractivity contribution in [1.82, 2.24) is 14.8 Å². The first-order valence-corrected chi connectivity index (χ1v) is 5.70. The second kappa shape index (κ2) is 4.20. The van der Waals surface area contributed by atoms with Gasteiger partial charge in [0.2, 0.25) is 0 Å². The molecule has 2 N–H and O–H groups in total. The molecule has 2 rings (SSSR count). The molecule has 2 aromatic heterocycles. The van der Waals surface area contributed by atoms with Crippen LogP contribution in [0.25, 0.3) is 0 Å². The van der Waals surface area contributed by atoms with Gasteiger partial charge in [0, 0.05) is 17.7 Å². The minimum atomic E-state index is 0.0173. The highest BCUT2D eigenvalue weighted by molar-refractivity contribution is 5.34. The summed E-state index contributed by atoms with van der Waals surface area (Å²) in [6, 6.07) is 7.77. The number of pyridine rings is 1. The first-order chi connectivity index (χ1) is 7.97. The lowest BCUT2D eigenvalue weighted by Gasteiger charge is -2.14. The fourth-order valence-corrected chi connectivity index (χ4v) is 1.57. The third-order valence-electron chi connectivity index (χ3n) is 2.62. The average Bonchev–Trinajstić information content (AvgIpc) is 2.62. The van der Waals surface area contributed by atoms with E-state index in [0.717, 1.165) is 11.4 Å². The lowest BCUT2D eigenvalue weighted by molar-refractivity contribution is 0.544. The number of anilines is 1. The summed E-state index contributed by atoms with van der Waals surface area (Å²) in [7, 11) is 0. The first kappa shape index (κ1) is 11.6. The molecular formula is C13H18N4. The molecule has 0 bridgehead atoms. The number of hydrogen-bond donors (Lipinski definition) is 1.